The predicted octanol–water partition coefficient (Wildman–Crippen LogP) is 2.64. The summed E-state index contributed by atoms with van der Waals surface area (Å²) in [5.74, 6) is 0.348. The highest BCUT2D eigenvalue weighted by Gasteiger charge is 2.21. The minimum atomic E-state index is 0.152. The number of nitrogens with zero attached hydrogens (tertiary/aromatic N) is 1. The standard InChI is InChI=1S/C21H28N4O/c26-21(15-10-13-22-14-15)24-12-5-11-23-20-16-6-1-3-8-18(16)25-19-9-4-2-7-17(19)20/h1,3,6,8,15,22H,2,4-5,7,9-14H2,(H,23,25)(H,24,26)/t15-/m0/s1. The second-order valence-corrected chi connectivity index (χ2v) is 7.40. The van der Waals surface area contributed by atoms with E-state index >= 15 is 0 Å². The topological polar surface area (TPSA) is 66.0 Å². The van der Waals surface area contributed by atoms with Crippen LogP contribution < -0.4 is 16.0 Å². The van der Waals surface area contributed by atoms with E-state index in [2.05, 4.69) is 40.2 Å². The smallest absolute Gasteiger partial charge is 0.224 e. The number of para-hydroxylation sites is 1. The lowest BCUT2D eigenvalue weighted by atomic mass is 9.92. The quantitative estimate of drug-likeness (QED) is 0.699. The zero-order valence-electron chi connectivity index (χ0n) is 15.3. The van der Waals surface area contributed by atoms with Crippen LogP contribution in [0.3, 0.4) is 0 Å². The van der Waals surface area contributed by atoms with Crippen molar-refractivity contribution in [3.8, 4) is 0 Å². The minimum absolute atomic E-state index is 0.152. The van der Waals surface area contributed by atoms with Crippen LogP contribution >= 0.6 is 0 Å². The number of hydrogen-bond acceptors (Lipinski definition) is 4. The fraction of sp³-hybridized carbons (Fsp3) is 0.524. The summed E-state index contributed by atoms with van der Waals surface area (Å²) in [7, 11) is 0. The van der Waals surface area contributed by atoms with Crippen LogP contribution in [0.2, 0.25) is 0 Å². The molecule has 1 amide bonds. The van der Waals surface area contributed by atoms with Gasteiger partial charge in [0.25, 0.3) is 0 Å². The third-order valence-corrected chi connectivity index (χ3v) is 5.55. The summed E-state index contributed by atoms with van der Waals surface area (Å²) < 4.78 is 0. The number of rotatable bonds is 6. The van der Waals surface area contributed by atoms with Gasteiger partial charge in [-0.25, -0.2) is 0 Å². The highest BCUT2D eigenvalue weighted by molar-refractivity contribution is 5.93. The minimum Gasteiger partial charge on any atom is -0.384 e. The predicted molar refractivity (Wildman–Crippen MR) is 105 cm³/mol. The zero-order chi connectivity index (χ0) is 17.8. The summed E-state index contributed by atoms with van der Waals surface area (Å²) in [5.41, 5.74) is 5.00. The van der Waals surface area contributed by atoms with Crippen LogP contribution in [0, 0.1) is 5.92 Å². The molecule has 0 radical (unpaired) electrons. The number of nitrogens with one attached hydrogen (secondary N) is 3. The summed E-state index contributed by atoms with van der Waals surface area (Å²) in [6.45, 7) is 3.37. The van der Waals surface area contributed by atoms with Crippen molar-refractivity contribution >= 4 is 22.5 Å². The highest BCUT2D eigenvalue weighted by Crippen LogP contribution is 2.33. The van der Waals surface area contributed by atoms with Crippen molar-refractivity contribution in [2.24, 2.45) is 5.92 Å². The summed E-state index contributed by atoms with van der Waals surface area (Å²) in [6, 6.07) is 8.40. The molecule has 1 aromatic carbocycles. The van der Waals surface area contributed by atoms with Crippen LogP contribution in [-0.4, -0.2) is 37.1 Å². The monoisotopic (exact) mass is 352 g/mol. The van der Waals surface area contributed by atoms with E-state index in [0.29, 0.717) is 0 Å². The Morgan fingerprint density at radius 2 is 2.08 bits per heavy atom. The first-order valence-corrected chi connectivity index (χ1v) is 9.96. The highest BCUT2D eigenvalue weighted by atomic mass is 16.1. The Labute approximate surface area is 155 Å². The first kappa shape index (κ1) is 17.3. The molecule has 3 N–H and O–H groups in total. The molecule has 1 aliphatic carbocycles. The summed E-state index contributed by atoms with van der Waals surface area (Å²) in [6.07, 6.45) is 6.56. The Bertz CT molecular complexity index is 783. The maximum atomic E-state index is 12.1. The number of anilines is 1. The van der Waals surface area contributed by atoms with Crippen LogP contribution in [0.25, 0.3) is 10.9 Å². The maximum absolute atomic E-state index is 12.1. The second-order valence-electron chi connectivity index (χ2n) is 7.40. The number of carbonyl (C=O) groups excluding carboxylic acids is 1. The Hall–Kier alpha value is -2.14. The van der Waals surface area contributed by atoms with E-state index in [9.17, 15) is 4.79 Å². The molecule has 1 aliphatic heterocycles. The zero-order valence-corrected chi connectivity index (χ0v) is 15.3. The molecule has 1 aromatic heterocycles. The molecule has 2 heterocycles. The molecule has 1 atom stereocenters. The molecule has 0 unspecified atom stereocenters. The number of carbonyl (C=O) groups is 1. The van der Waals surface area contributed by atoms with E-state index in [1.807, 2.05) is 0 Å². The van der Waals surface area contributed by atoms with E-state index in [0.717, 1.165) is 57.4 Å². The molecule has 2 aromatic rings. The van der Waals surface area contributed by atoms with Gasteiger partial charge in [0.2, 0.25) is 5.91 Å². The van der Waals surface area contributed by atoms with Crippen LogP contribution in [0.15, 0.2) is 24.3 Å². The molecule has 2 aliphatic rings. The molecule has 0 bridgehead atoms. The molecular weight excluding hydrogens is 324 g/mol. The molecule has 5 heteroatoms. The second kappa shape index (κ2) is 8.04. The lowest BCUT2D eigenvalue weighted by Gasteiger charge is -2.21. The summed E-state index contributed by atoms with van der Waals surface area (Å²) >= 11 is 0. The van der Waals surface area contributed by atoms with Crippen molar-refractivity contribution in [1.29, 1.82) is 0 Å². The Morgan fingerprint density at radius 1 is 1.19 bits per heavy atom. The number of aryl methyl sites for hydroxylation is 1. The van der Waals surface area contributed by atoms with Crippen molar-refractivity contribution in [3.63, 3.8) is 0 Å². The van der Waals surface area contributed by atoms with Gasteiger partial charge in [0.15, 0.2) is 0 Å². The van der Waals surface area contributed by atoms with Gasteiger partial charge in [-0.3, -0.25) is 9.78 Å². The van der Waals surface area contributed by atoms with Gasteiger partial charge in [-0.05, 0) is 56.7 Å². The van der Waals surface area contributed by atoms with E-state index in [-0.39, 0.29) is 11.8 Å². The Kier molecular flexibility index (Phi) is 5.34. The van der Waals surface area contributed by atoms with Gasteiger partial charge in [-0.15, -0.1) is 0 Å². The lowest BCUT2D eigenvalue weighted by molar-refractivity contribution is -0.124. The van der Waals surface area contributed by atoms with Crippen molar-refractivity contribution in [2.45, 2.75) is 38.5 Å². The third-order valence-electron chi connectivity index (χ3n) is 5.55. The molecule has 26 heavy (non-hydrogen) atoms. The lowest BCUT2D eigenvalue weighted by Crippen LogP contribution is -2.33. The molecule has 0 saturated carbocycles. The average Bonchev–Trinajstić information content (AvgIpc) is 3.22. The summed E-state index contributed by atoms with van der Waals surface area (Å²) in [4.78, 5) is 17.0. The number of pyridine rings is 1. The number of benzene rings is 1. The molecule has 0 spiro atoms. The first-order valence-electron chi connectivity index (χ1n) is 9.96. The van der Waals surface area contributed by atoms with E-state index in [1.54, 1.807) is 0 Å². The van der Waals surface area contributed by atoms with Gasteiger partial charge in [0.1, 0.15) is 0 Å². The third kappa shape index (κ3) is 3.68. The van der Waals surface area contributed by atoms with Gasteiger partial charge in [-0.2, -0.15) is 0 Å². The van der Waals surface area contributed by atoms with Crippen molar-refractivity contribution in [3.05, 3.63) is 35.5 Å². The van der Waals surface area contributed by atoms with Crippen LogP contribution in [-0.2, 0) is 17.6 Å². The normalized spacial score (nSPS) is 19.3. The van der Waals surface area contributed by atoms with Crippen molar-refractivity contribution in [2.75, 3.05) is 31.5 Å². The van der Waals surface area contributed by atoms with Crippen LogP contribution in [0.1, 0.15) is 36.9 Å². The van der Waals surface area contributed by atoms with E-state index < -0.39 is 0 Å². The molecule has 138 valence electrons. The Balaban J connectivity index is 1.38. The largest absolute Gasteiger partial charge is 0.384 e. The Morgan fingerprint density at radius 3 is 2.96 bits per heavy atom. The van der Waals surface area contributed by atoms with Gasteiger partial charge >= 0.3 is 0 Å². The van der Waals surface area contributed by atoms with E-state index in [1.165, 1.54) is 35.2 Å². The molecule has 1 saturated heterocycles. The fourth-order valence-corrected chi connectivity index (χ4v) is 4.11. The van der Waals surface area contributed by atoms with Crippen LogP contribution in [0.4, 0.5) is 5.69 Å². The summed E-state index contributed by atoms with van der Waals surface area (Å²) in [5, 5.41) is 11.2. The van der Waals surface area contributed by atoms with Gasteiger partial charge in [0, 0.05) is 36.4 Å². The maximum Gasteiger partial charge on any atom is 0.224 e. The van der Waals surface area contributed by atoms with Crippen molar-refractivity contribution < 1.29 is 4.79 Å². The molecule has 4 rings (SSSR count). The van der Waals surface area contributed by atoms with E-state index in [4.69, 9.17) is 4.98 Å². The number of aromatic nitrogens is 1. The van der Waals surface area contributed by atoms with Crippen molar-refractivity contribution in [1.82, 2.24) is 15.6 Å². The molecular formula is C21H28N4O. The van der Waals surface area contributed by atoms with Gasteiger partial charge < -0.3 is 16.0 Å². The van der Waals surface area contributed by atoms with Crippen LogP contribution in [0.5, 0.6) is 0 Å². The molecule has 1 fully saturated rings. The van der Waals surface area contributed by atoms with Gasteiger partial charge in [-0.1, -0.05) is 18.2 Å². The first-order chi connectivity index (χ1) is 12.8. The molecule has 5 nitrogen and oxygen atoms in total. The SMILES string of the molecule is O=C(NCCCNc1c2c(nc3ccccc13)CCCC2)[C@H]1CCNC1. The number of fused-ring (bicyclic) bond motifs is 2. The average molecular weight is 352 g/mol. The number of hydrogen-bond donors (Lipinski definition) is 3. The number of amides is 1. The fourth-order valence-electron chi connectivity index (χ4n) is 4.11. The van der Waals surface area contributed by atoms with Gasteiger partial charge in [0.05, 0.1) is 11.4 Å².